The Morgan fingerprint density at radius 1 is 0.974 bits per heavy atom. The molecule has 2 aromatic heterocycles. The number of thioether (sulfide) groups is 1. The van der Waals surface area contributed by atoms with Gasteiger partial charge in [-0.3, -0.25) is 9.36 Å². The number of hydrogen-bond donors (Lipinski definition) is 4. The van der Waals surface area contributed by atoms with Crippen LogP contribution in [0.25, 0.3) is 21.9 Å². The summed E-state index contributed by atoms with van der Waals surface area (Å²) in [6, 6.07) is 22.1. The molecule has 6 rings (SSSR count). The lowest BCUT2D eigenvalue weighted by Crippen LogP contribution is -2.41. The Labute approximate surface area is 242 Å². The molecule has 39 heavy (non-hydrogen) atoms. The number of nitrogens with one attached hydrogen (secondary N) is 2. The van der Waals surface area contributed by atoms with Crippen LogP contribution in [0.5, 0.6) is 0 Å². The molecule has 198 valence electrons. The number of halogens is 1. The van der Waals surface area contributed by atoms with Crippen molar-refractivity contribution < 1.29 is 15.0 Å². The zero-order valence-corrected chi connectivity index (χ0v) is 23.6. The van der Waals surface area contributed by atoms with Gasteiger partial charge in [-0.1, -0.05) is 54.6 Å². The number of aliphatic hydroxyl groups excluding tert-OH is 2. The largest absolute Gasteiger partial charge is 0.389 e. The van der Waals surface area contributed by atoms with E-state index >= 15 is 0 Å². The zero-order valence-electron chi connectivity index (χ0n) is 20.6. The minimum Gasteiger partial charge on any atom is -0.389 e. The van der Waals surface area contributed by atoms with Gasteiger partial charge in [0, 0.05) is 16.7 Å². The van der Waals surface area contributed by atoms with E-state index in [1.807, 2.05) is 60.7 Å². The van der Waals surface area contributed by atoms with E-state index in [0.29, 0.717) is 30.1 Å². The minimum absolute atomic E-state index is 0.321. The second kappa shape index (κ2) is 11.1. The summed E-state index contributed by atoms with van der Waals surface area (Å²) in [5.74, 6) is 0.237. The van der Waals surface area contributed by atoms with Crippen molar-refractivity contribution in [1.29, 1.82) is 0 Å². The maximum Gasteiger partial charge on any atom is 0.236 e. The number of carbonyl (C=O) groups excluding carboxylic acids is 1. The molecule has 1 saturated heterocycles. The zero-order chi connectivity index (χ0) is 26.9. The van der Waals surface area contributed by atoms with Gasteiger partial charge < -0.3 is 20.8 Å². The molecule has 0 radical (unpaired) electrons. The normalized spacial score (nSPS) is 20.9. The molecular weight excluding hydrogens is 627 g/mol. The Morgan fingerprint density at radius 3 is 2.67 bits per heavy atom. The number of rotatable bonds is 7. The molecule has 3 heterocycles. The lowest BCUT2D eigenvalue weighted by atomic mass is 10.0. The number of aromatic nitrogens is 4. The predicted molar refractivity (Wildman–Crippen MR) is 160 cm³/mol. The van der Waals surface area contributed by atoms with Gasteiger partial charge in [0.1, 0.15) is 34.7 Å². The van der Waals surface area contributed by atoms with Gasteiger partial charge in [-0.15, -0.1) is 11.8 Å². The number of imidazole rings is 1. The van der Waals surface area contributed by atoms with Crippen LogP contribution in [0.3, 0.4) is 0 Å². The molecule has 5 aromatic rings. The highest BCUT2D eigenvalue weighted by molar-refractivity contribution is 14.1. The second-order valence-electron chi connectivity index (χ2n) is 9.31. The van der Waals surface area contributed by atoms with Gasteiger partial charge in [0.2, 0.25) is 5.91 Å². The molecule has 4 atom stereocenters. The van der Waals surface area contributed by atoms with Crippen molar-refractivity contribution >= 4 is 68.0 Å². The molecule has 1 amide bonds. The third kappa shape index (κ3) is 5.19. The van der Waals surface area contributed by atoms with E-state index < -0.39 is 22.8 Å². The maximum absolute atomic E-state index is 13.1. The van der Waals surface area contributed by atoms with E-state index in [2.05, 4.69) is 54.2 Å². The van der Waals surface area contributed by atoms with Crippen LogP contribution < -0.4 is 10.6 Å². The van der Waals surface area contributed by atoms with E-state index in [-0.39, 0.29) is 5.91 Å². The average Bonchev–Trinajstić information content (AvgIpc) is 3.51. The van der Waals surface area contributed by atoms with Crippen LogP contribution in [-0.4, -0.2) is 53.1 Å². The van der Waals surface area contributed by atoms with Gasteiger partial charge in [-0.25, -0.2) is 15.0 Å². The van der Waals surface area contributed by atoms with Crippen molar-refractivity contribution in [1.82, 2.24) is 24.8 Å². The molecule has 0 spiro atoms. The van der Waals surface area contributed by atoms with Crippen molar-refractivity contribution in [3.8, 4) is 0 Å². The minimum atomic E-state index is -1.25. The van der Waals surface area contributed by atoms with Crippen LogP contribution in [-0.2, 0) is 17.9 Å². The Morgan fingerprint density at radius 2 is 1.79 bits per heavy atom. The van der Waals surface area contributed by atoms with Gasteiger partial charge in [0.05, 0.1) is 6.33 Å². The van der Waals surface area contributed by atoms with Gasteiger partial charge in [-0.05, 0) is 56.6 Å². The van der Waals surface area contributed by atoms with Crippen molar-refractivity contribution in [2.24, 2.45) is 0 Å². The Hall–Kier alpha value is -3.26. The number of amides is 1. The molecule has 9 nitrogen and oxygen atoms in total. The highest BCUT2D eigenvalue weighted by atomic mass is 127. The number of hydrogen-bond acceptors (Lipinski definition) is 8. The number of nitrogens with zero attached hydrogens (tertiary/aromatic N) is 4. The molecule has 4 N–H and O–H groups in total. The SMILES string of the molecule is O=C(NCc1cccc2ccccc12)[C@H]1S[C@@H](n2cnc3c(NCc4cccc(I)c4)ncnc32)[C@H](O)[C@@H]1O. The fourth-order valence-corrected chi connectivity index (χ4v) is 6.88. The van der Waals surface area contributed by atoms with Crippen molar-refractivity contribution in [3.63, 3.8) is 0 Å². The molecule has 0 bridgehead atoms. The highest BCUT2D eigenvalue weighted by Gasteiger charge is 2.47. The first-order valence-electron chi connectivity index (χ1n) is 12.4. The molecule has 0 aliphatic carbocycles. The predicted octanol–water partition coefficient (Wildman–Crippen LogP) is 3.85. The summed E-state index contributed by atoms with van der Waals surface area (Å²) in [5, 5.41) is 28.7. The smallest absolute Gasteiger partial charge is 0.236 e. The van der Waals surface area contributed by atoms with Crippen LogP contribution in [0.1, 0.15) is 16.5 Å². The molecule has 1 fully saturated rings. The lowest BCUT2D eigenvalue weighted by Gasteiger charge is -2.17. The molecule has 3 aromatic carbocycles. The van der Waals surface area contributed by atoms with Crippen LogP contribution >= 0.6 is 34.4 Å². The summed E-state index contributed by atoms with van der Waals surface area (Å²) in [5.41, 5.74) is 3.15. The number of aliphatic hydroxyl groups is 2. The van der Waals surface area contributed by atoms with Crippen LogP contribution in [0, 0.1) is 3.57 Å². The van der Waals surface area contributed by atoms with Crippen molar-refractivity contribution in [3.05, 3.63) is 94.1 Å². The molecule has 1 aliphatic heterocycles. The first-order chi connectivity index (χ1) is 19.0. The van der Waals surface area contributed by atoms with E-state index in [1.54, 1.807) is 10.9 Å². The van der Waals surface area contributed by atoms with Gasteiger partial charge >= 0.3 is 0 Å². The molecule has 11 heteroatoms. The van der Waals surface area contributed by atoms with E-state index in [0.717, 1.165) is 25.5 Å². The first kappa shape index (κ1) is 26.0. The number of anilines is 1. The fourth-order valence-electron chi connectivity index (χ4n) is 4.84. The molecule has 0 saturated carbocycles. The number of carbonyl (C=O) groups is 1. The van der Waals surface area contributed by atoms with Crippen molar-refractivity contribution in [2.75, 3.05) is 5.32 Å². The summed E-state index contributed by atoms with van der Waals surface area (Å²) in [7, 11) is 0. The summed E-state index contributed by atoms with van der Waals surface area (Å²) >= 11 is 3.47. The topological polar surface area (TPSA) is 125 Å². The van der Waals surface area contributed by atoms with Crippen molar-refractivity contribution in [2.45, 2.75) is 35.9 Å². The standard InChI is InChI=1S/C28H25IN6O3S/c29-19-9-3-5-16(11-19)12-30-25-21-26(33-14-32-25)35(15-34-21)28-23(37)22(36)24(39-28)27(38)31-13-18-8-4-7-17-6-1-2-10-20(17)18/h1-11,14-15,22-24,28,36-37H,12-13H2,(H,31,38)(H,30,32,33)/t22-,23+,24-,28+/m0/s1. The Bertz CT molecular complexity index is 1660. The quantitative estimate of drug-likeness (QED) is 0.196. The van der Waals surface area contributed by atoms with Gasteiger partial charge in [0.25, 0.3) is 0 Å². The van der Waals surface area contributed by atoms with Gasteiger partial charge in [-0.2, -0.15) is 0 Å². The fraction of sp³-hybridized carbons (Fsp3) is 0.214. The monoisotopic (exact) mass is 652 g/mol. The number of fused-ring (bicyclic) bond motifs is 2. The molecule has 1 aliphatic rings. The van der Waals surface area contributed by atoms with Crippen LogP contribution in [0.15, 0.2) is 79.4 Å². The van der Waals surface area contributed by atoms with Crippen LogP contribution in [0.4, 0.5) is 5.82 Å². The Balaban J connectivity index is 1.17. The van der Waals surface area contributed by atoms with E-state index in [9.17, 15) is 15.0 Å². The maximum atomic E-state index is 13.1. The summed E-state index contributed by atoms with van der Waals surface area (Å²) in [6.45, 7) is 0.885. The second-order valence-corrected chi connectivity index (χ2v) is 11.8. The first-order valence-corrected chi connectivity index (χ1v) is 14.4. The molecular formula is C28H25IN6O3S. The van der Waals surface area contributed by atoms with Crippen LogP contribution in [0.2, 0.25) is 0 Å². The lowest BCUT2D eigenvalue weighted by molar-refractivity contribution is -0.123. The average molecular weight is 653 g/mol. The van der Waals surface area contributed by atoms with Gasteiger partial charge in [0.15, 0.2) is 11.5 Å². The summed E-state index contributed by atoms with van der Waals surface area (Å²) < 4.78 is 2.84. The van der Waals surface area contributed by atoms with E-state index in [1.165, 1.54) is 18.1 Å². The van der Waals surface area contributed by atoms with E-state index in [4.69, 9.17) is 0 Å². The summed E-state index contributed by atoms with van der Waals surface area (Å²) in [4.78, 5) is 26.4. The Kier molecular flexibility index (Phi) is 7.38. The number of benzene rings is 3. The summed E-state index contributed by atoms with van der Waals surface area (Å²) in [6.07, 6.45) is 0.581. The highest BCUT2D eigenvalue weighted by Crippen LogP contribution is 2.43. The third-order valence-electron chi connectivity index (χ3n) is 6.81. The third-order valence-corrected chi connectivity index (χ3v) is 9.05. The molecule has 0 unspecified atom stereocenters.